The minimum absolute atomic E-state index is 0.164. The summed E-state index contributed by atoms with van der Waals surface area (Å²) in [5.41, 5.74) is 3.38. The van der Waals surface area contributed by atoms with E-state index in [2.05, 4.69) is 34.1 Å². The van der Waals surface area contributed by atoms with E-state index in [-0.39, 0.29) is 5.41 Å². The minimum Gasteiger partial charge on any atom is -0.302 e. The molecule has 7 heteroatoms. The largest absolute Gasteiger partial charge is 0.302 e. The predicted octanol–water partition coefficient (Wildman–Crippen LogP) is 3.84. The van der Waals surface area contributed by atoms with Crippen LogP contribution in [0.15, 0.2) is 35.7 Å². The fourth-order valence-corrected chi connectivity index (χ4v) is 5.97. The lowest BCUT2D eigenvalue weighted by Gasteiger charge is -2.24. The van der Waals surface area contributed by atoms with E-state index in [1.54, 1.807) is 11.3 Å². The van der Waals surface area contributed by atoms with Crippen LogP contribution in [-0.2, 0) is 21.9 Å². The number of halogens is 1. The number of piperidine rings is 1. The van der Waals surface area contributed by atoms with Crippen molar-refractivity contribution in [3.63, 3.8) is 0 Å². The highest BCUT2D eigenvalue weighted by atomic mass is 35.5. The van der Waals surface area contributed by atoms with Crippen molar-refractivity contribution in [3.8, 4) is 0 Å². The maximum absolute atomic E-state index is 11.5. The summed E-state index contributed by atoms with van der Waals surface area (Å²) in [5, 5.41) is 2.14. The van der Waals surface area contributed by atoms with Crippen LogP contribution in [0.3, 0.4) is 0 Å². The van der Waals surface area contributed by atoms with Gasteiger partial charge in [0.05, 0.1) is 10.6 Å². The Labute approximate surface area is 164 Å². The highest BCUT2D eigenvalue weighted by Gasteiger charge is 2.65. The Balaban J connectivity index is 1.38. The molecule has 1 saturated carbocycles. The Morgan fingerprint density at radius 2 is 2.04 bits per heavy atom. The highest BCUT2D eigenvalue weighted by molar-refractivity contribution is 7.92. The lowest BCUT2D eigenvalue weighted by atomic mass is 9.92. The van der Waals surface area contributed by atoms with Crippen molar-refractivity contribution in [1.29, 1.82) is 0 Å². The molecule has 26 heavy (non-hydrogen) atoms. The zero-order valence-corrected chi connectivity index (χ0v) is 17.3. The summed E-state index contributed by atoms with van der Waals surface area (Å²) in [6, 6.07) is 9.94. The molecule has 1 aromatic heterocycles. The second-order valence-electron chi connectivity index (χ2n) is 7.72. The van der Waals surface area contributed by atoms with Crippen molar-refractivity contribution in [2.24, 2.45) is 11.8 Å². The monoisotopic (exact) mass is 410 g/mol. The third kappa shape index (κ3) is 3.52. The Hall–Kier alpha value is -1.08. The Bertz CT molecular complexity index is 913. The summed E-state index contributed by atoms with van der Waals surface area (Å²) in [5.74, 6) is 1.31. The van der Waals surface area contributed by atoms with Crippen LogP contribution in [0.4, 0.5) is 5.69 Å². The van der Waals surface area contributed by atoms with Crippen LogP contribution in [0.2, 0.25) is 4.34 Å². The zero-order valence-electron chi connectivity index (χ0n) is 14.9. The third-order valence-electron chi connectivity index (χ3n) is 5.95. The first-order valence-electron chi connectivity index (χ1n) is 8.79. The van der Waals surface area contributed by atoms with E-state index >= 15 is 0 Å². The number of thiophene rings is 1. The fourth-order valence-electron chi connectivity index (χ4n) is 4.47. The fraction of sp³-hybridized carbons (Fsp3) is 0.474. The number of fused-ring (bicyclic) bond motifs is 1. The molecule has 0 amide bonds. The number of benzene rings is 1. The molecule has 2 unspecified atom stereocenters. The lowest BCUT2D eigenvalue weighted by molar-refractivity contribution is 0.281. The Kier molecular flexibility index (Phi) is 4.58. The summed E-state index contributed by atoms with van der Waals surface area (Å²) < 4.78 is 26.4. The van der Waals surface area contributed by atoms with Gasteiger partial charge in [0.1, 0.15) is 0 Å². The van der Waals surface area contributed by atoms with Gasteiger partial charge in [-0.1, -0.05) is 30.7 Å². The van der Waals surface area contributed by atoms with Gasteiger partial charge in [0.2, 0.25) is 10.0 Å². The number of nitrogens with one attached hydrogen (secondary N) is 1. The molecule has 2 fully saturated rings. The van der Waals surface area contributed by atoms with Gasteiger partial charge in [-0.15, -0.1) is 11.3 Å². The second kappa shape index (κ2) is 6.51. The van der Waals surface area contributed by atoms with Crippen molar-refractivity contribution < 1.29 is 8.42 Å². The van der Waals surface area contributed by atoms with Gasteiger partial charge in [-0.3, -0.25) is 4.72 Å². The maximum atomic E-state index is 11.5. The number of hydrogen-bond acceptors (Lipinski definition) is 4. The molecule has 2 atom stereocenters. The number of nitrogens with zero attached hydrogens (tertiary/aromatic N) is 1. The summed E-state index contributed by atoms with van der Waals surface area (Å²) >= 11 is 7.60. The van der Waals surface area contributed by atoms with E-state index in [1.165, 1.54) is 17.4 Å². The van der Waals surface area contributed by atoms with Crippen molar-refractivity contribution in [3.05, 3.63) is 51.2 Å². The molecule has 4 nitrogen and oxygen atoms in total. The first-order chi connectivity index (χ1) is 12.3. The molecule has 1 aliphatic heterocycles. The first-order valence-corrected chi connectivity index (χ1v) is 11.9. The molecule has 4 rings (SSSR count). The average molecular weight is 411 g/mol. The molecule has 1 saturated heterocycles. The van der Waals surface area contributed by atoms with E-state index in [0.29, 0.717) is 17.5 Å². The van der Waals surface area contributed by atoms with Crippen LogP contribution < -0.4 is 4.72 Å². The Morgan fingerprint density at radius 1 is 1.31 bits per heavy atom. The molecule has 1 N–H and O–H groups in total. The van der Waals surface area contributed by atoms with E-state index < -0.39 is 10.0 Å². The van der Waals surface area contributed by atoms with Crippen molar-refractivity contribution in [2.75, 3.05) is 30.6 Å². The number of hydrogen-bond donors (Lipinski definition) is 1. The standard InChI is InChI=1S/C19H23ClN2O2S2/c1-19(14-4-3-5-15(9-14)21-26(2,23)24)16-10-22(11-17(16)19)7-6-13-8-18(20)25-12-13/h3-5,8-9,12,16-17,21H,6-7,10-11H2,1-2H3. The van der Waals surface area contributed by atoms with Gasteiger partial charge in [0.15, 0.2) is 0 Å². The number of rotatable bonds is 6. The Morgan fingerprint density at radius 3 is 2.65 bits per heavy atom. The number of sulfonamides is 1. The predicted molar refractivity (Wildman–Crippen MR) is 109 cm³/mol. The van der Waals surface area contributed by atoms with E-state index in [1.807, 2.05) is 18.2 Å². The summed E-state index contributed by atoms with van der Waals surface area (Å²) in [7, 11) is -3.25. The van der Waals surface area contributed by atoms with Gasteiger partial charge in [-0.2, -0.15) is 0 Å². The van der Waals surface area contributed by atoms with Crippen LogP contribution in [0.5, 0.6) is 0 Å². The van der Waals surface area contributed by atoms with Crippen LogP contribution in [0, 0.1) is 11.8 Å². The number of likely N-dealkylation sites (tertiary alicyclic amines) is 1. The molecular weight excluding hydrogens is 388 g/mol. The van der Waals surface area contributed by atoms with Crippen LogP contribution in [0.25, 0.3) is 0 Å². The topological polar surface area (TPSA) is 49.4 Å². The molecule has 1 aromatic carbocycles. The molecule has 140 valence electrons. The van der Waals surface area contributed by atoms with Crippen LogP contribution in [-0.4, -0.2) is 39.2 Å². The van der Waals surface area contributed by atoms with Crippen molar-refractivity contribution in [2.45, 2.75) is 18.8 Å². The van der Waals surface area contributed by atoms with E-state index in [0.717, 1.165) is 30.4 Å². The van der Waals surface area contributed by atoms with E-state index in [9.17, 15) is 8.42 Å². The molecule has 2 aromatic rings. The quantitative estimate of drug-likeness (QED) is 0.787. The zero-order chi connectivity index (χ0) is 18.5. The van der Waals surface area contributed by atoms with Gasteiger partial charge in [-0.25, -0.2) is 8.42 Å². The molecule has 2 heterocycles. The second-order valence-corrected chi connectivity index (χ2v) is 11.0. The van der Waals surface area contributed by atoms with Crippen LogP contribution in [0.1, 0.15) is 18.1 Å². The van der Waals surface area contributed by atoms with Gasteiger partial charge in [-0.05, 0) is 53.0 Å². The summed E-state index contributed by atoms with van der Waals surface area (Å²) in [6.07, 6.45) is 2.24. The molecule has 0 radical (unpaired) electrons. The molecule has 0 spiro atoms. The molecular formula is C19H23ClN2O2S2. The molecule has 0 bridgehead atoms. The first kappa shape index (κ1) is 18.3. The van der Waals surface area contributed by atoms with Gasteiger partial charge < -0.3 is 4.90 Å². The number of anilines is 1. The van der Waals surface area contributed by atoms with Crippen molar-refractivity contribution >= 4 is 38.6 Å². The summed E-state index contributed by atoms with van der Waals surface area (Å²) in [4.78, 5) is 2.54. The molecule has 2 aliphatic rings. The van der Waals surface area contributed by atoms with Gasteiger partial charge in [0, 0.05) is 30.7 Å². The smallest absolute Gasteiger partial charge is 0.229 e. The minimum atomic E-state index is -3.25. The van der Waals surface area contributed by atoms with Gasteiger partial charge >= 0.3 is 0 Å². The van der Waals surface area contributed by atoms with Crippen LogP contribution >= 0.6 is 22.9 Å². The highest BCUT2D eigenvalue weighted by Crippen LogP contribution is 2.63. The van der Waals surface area contributed by atoms with Gasteiger partial charge in [0.25, 0.3) is 0 Å². The summed E-state index contributed by atoms with van der Waals surface area (Å²) in [6.45, 7) is 5.62. The normalized spacial score (nSPS) is 28.1. The third-order valence-corrected chi connectivity index (χ3v) is 7.70. The average Bonchev–Trinajstić information content (AvgIpc) is 2.95. The lowest BCUT2D eigenvalue weighted by Crippen LogP contribution is -2.30. The van der Waals surface area contributed by atoms with Crippen molar-refractivity contribution in [1.82, 2.24) is 4.90 Å². The maximum Gasteiger partial charge on any atom is 0.229 e. The SMILES string of the molecule is CC1(c2cccc(NS(C)(=O)=O)c2)C2CN(CCc3csc(Cl)c3)CC21. The van der Waals surface area contributed by atoms with E-state index in [4.69, 9.17) is 11.6 Å². The molecule has 1 aliphatic carbocycles.